The molecule has 1 N–H and O–H groups in total. The van der Waals surface area contributed by atoms with E-state index in [0.29, 0.717) is 6.04 Å². The maximum atomic E-state index is 3.60. The number of hydrogen-bond acceptors (Lipinski definition) is 3. The fourth-order valence-corrected chi connectivity index (χ4v) is 3.67. The third kappa shape index (κ3) is 3.55. The Morgan fingerprint density at radius 1 is 1.56 bits per heavy atom. The molecule has 1 unspecified atom stereocenters. The number of likely N-dealkylation sites (tertiary alicyclic amines) is 1. The zero-order valence-corrected chi connectivity index (χ0v) is 12.1. The molecule has 1 aliphatic rings. The van der Waals surface area contributed by atoms with Gasteiger partial charge in [0.05, 0.1) is 3.79 Å². The standard InChI is InChI=1S/C12H19BrN2S/c1-2-6-14-10-5-7-15(8-10)9-11-3-4-12(13)16-11/h3-4,10,14H,2,5-9H2,1H3. The van der Waals surface area contributed by atoms with E-state index in [9.17, 15) is 0 Å². The van der Waals surface area contributed by atoms with Crippen molar-refractivity contribution in [2.75, 3.05) is 19.6 Å². The molecule has 0 aromatic carbocycles. The lowest BCUT2D eigenvalue weighted by Crippen LogP contribution is -2.32. The molecular weight excluding hydrogens is 284 g/mol. The largest absolute Gasteiger partial charge is 0.313 e. The number of thiophene rings is 1. The lowest BCUT2D eigenvalue weighted by atomic mass is 10.2. The summed E-state index contributed by atoms with van der Waals surface area (Å²) in [4.78, 5) is 4.01. The molecule has 16 heavy (non-hydrogen) atoms. The second kappa shape index (κ2) is 6.15. The van der Waals surface area contributed by atoms with E-state index in [1.807, 2.05) is 11.3 Å². The van der Waals surface area contributed by atoms with E-state index in [4.69, 9.17) is 0 Å². The molecule has 1 atom stereocenters. The van der Waals surface area contributed by atoms with Crippen molar-refractivity contribution in [1.82, 2.24) is 10.2 Å². The minimum Gasteiger partial charge on any atom is -0.313 e. The van der Waals surface area contributed by atoms with Crippen LogP contribution in [-0.2, 0) is 6.54 Å². The second-order valence-corrected chi connectivity index (χ2v) is 6.93. The fourth-order valence-electron chi connectivity index (χ4n) is 2.15. The van der Waals surface area contributed by atoms with E-state index in [1.54, 1.807) is 0 Å². The van der Waals surface area contributed by atoms with Crippen molar-refractivity contribution >= 4 is 27.3 Å². The summed E-state index contributed by atoms with van der Waals surface area (Å²) in [6.07, 6.45) is 2.53. The molecule has 0 bridgehead atoms. The minimum atomic E-state index is 0.711. The summed E-state index contributed by atoms with van der Waals surface area (Å²) in [5.41, 5.74) is 0. The Balaban J connectivity index is 1.76. The summed E-state index contributed by atoms with van der Waals surface area (Å²) in [5, 5.41) is 3.60. The summed E-state index contributed by atoms with van der Waals surface area (Å²) in [6, 6.07) is 5.08. The van der Waals surface area contributed by atoms with Crippen molar-refractivity contribution in [3.05, 3.63) is 20.8 Å². The molecule has 4 heteroatoms. The highest BCUT2D eigenvalue weighted by Gasteiger charge is 2.21. The zero-order valence-electron chi connectivity index (χ0n) is 9.71. The molecule has 1 fully saturated rings. The van der Waals surface area contributed by atoms with Crippen molar-refractivity contribution in [3.63, 3.8) is 0 Å². The van der Waals surface area contributed by atoms with Gasteiger partial charge in [0.1, 0.15) is 0 Å². The molecule has 0 spiro atoms. The second-order valence-electron chi connectivity index (χ2n) is 4.38. The number of halogens is 1. The van der Waals surface area contributed by atoms with Crippen LogP contribution >= 0.6 is 27.3 Å². The van der Waals surface area contributed by atoms with Gasteiger partial charge in [-0.2, -0.15) is 0 Å². The fraction of sp³-hybridized carbons (Fsp3) is 0.667. The van der Waals surface area contributed by atoms with Crippen LogP contribution in [0.2, 0.25) is 0 Å². The molecule has 1 saturated heterocycles. The smallest absolute Gasteiger partial charge is 0.0701 e. The quantitative estimate of drug-likeness (QED) is 0.899. The van der Waals surface area contributed by atoms with Crippen LogP contribution in [0.4, 0.5) is 0 Å². The summed E-state index contributed by atoms with van der Waals surface area (Å²) in [7, 11) is 0. The predicted molar refractivity (Wildman–Crippen MR) is 74.0 cm³/mol. The Morgan fingerprint density at radius 2 is 2.44 bits per heavy atom. The van der Waals surface area contributed by atoms with Gasteiger partial charge < -0.3 is 5.32 Å². The molecule has 2 heterocycles. The molecule has 0 saturated carbocycles. The van der Waals surface area contributed by atoms with Gasteiger partial charge in [0, 0.05) is 30.6 Å². The van der Waals surface area contributed by atoms with E-state index in [1.165, 1.54) is 34.6 Å². The monoisotopic (exact) mass is 302 g/mol. The van der Waals surface area contributed by atoms with Gasteiger partial charge in [-0.1, -0.05) is 6.92 Å². The Bertz CT molecular complexity index is 327. The Morgan fingerprint density at radius 3 is 3.12 bits per heavy atom. The van der Waals surface area contributed by atoms with Crippen LogP contribution in [0.1, 0.15) is 24.6 Å². The minimum absolute atomic E-state index is 0.711. The summed E-state index contributed by atoms with van der Waals surface area (Å²) >= 11 is 5.36. The van der Waals surface area contributed by atoms with Crippen molar-refractivity contribution < 1.29 is 0 Å². The van der Waals surface area contributed by atoms with Gasteiger partial charge in [0.2, 0.25) is 0 Å². The number of rotatable bonds is 5. The highest BCUT2D eigenvalue weighted by molar-refractivity contribution is 9.11. The predicted octanol–water partition coefficient (Wildman–Crippen LogP) is 3.08. The third-order valence-electron chi connectivity index (χ3n) is 2.96. The Kier molecular flexibility index (Phi) is 4.82. The van der Waals surface area contributed by atoms with Gasteiger partial charge in [-0.05, 0) is 47.4 Å². The lowest BCUT2D eigenvalue weighted by Gasteiger charge is -2.15. The van der Waals surface area contributed by atoms with Crippen LogP contribution in [0, 0.1) is 0 Å². The molecule has 1 aromatic heterocycles. The van der Waals surface area contributed by atoms with Gasteiger partial charge in [-0.3, -0.25) is 4.90 Å². The van der Waals surface area contributed by atoms with Crippen LogP contribution in [0.15, 0.2) is 15.9 Å². The maximum absolute atomic E-state index is 3.60. The molecular formula is C12H19BrN2S. The van der Waals surface area contributed by atoms with E-state index < -0.39 is 0 Å². The first-order valence-corrected chi connectivity index (χ1v) is 7.59. The molecule has 1 aromatic rings. The van der Waals surface area contributed by atoms with Crippen LogP contribution in [-0.4, -0.2) is 30.6 Å². The maximum Gasteiger partial charge on any atom is 0.0701 e. The molecule has 2 nitrogen and oxygen atoms in total. The van der Waals surface area contributed by atoms with Crippen LogP contribution in [0.25, 0.3) is 0 Å². The van der Waals surface area contributed by atoms with E-state index in [0.717, 1.165) is 13.1 Å². The van der Waals surface area contributed by atoms with E-state index >= 15 is 0 Å². The van der Waals surface area contributed by atoms with Gasteiger partial charge in [0.15, 0.2) is 0 Å². The molecule has 1 aliphatic heterocycles. The Labute approximate surface area is 110 Å². The van der Waals surface area contributed by atoms with Gasteiger partial charge in [0.25, 0.3) is 0 Å². The molecule has 0 radical (unpaired) electrons. The molecule has 2 rings (SSSR count). The highest BCUT2D eigenvalue weighted by Crippen LogP contribution is 2.24. The number of nitrogens with one attached hydrogen (secondary N) is 1. The van der Waals surface area contributed by atoms with E-state index in [2.05, 4.69) is 45.2 Å². The Hall–Kier alpha value is 0.1000. The first-order valence-electron chi connectivity index (χ1n) is 5.98. The number of hydrogen-bond donors (Lipinski definition) is 1. The lowest BCUT2D eigenvalue weighted by molar-refractivity contribution is 0.323. The molecule has 0 amide bonds. The van der Waals surface area contributed by atoms with Crippen LogP contribution in [0.3, 0.4) is 0 Å². The number of nitrogens with zero attached hydrogens (tertiary/aromatic N) is 1. The van der Waals surface area contributed by atoms with Crippen molar-refractivity contribution in [1.29, 1.82) is 0 Å². The summed E-state index contributed by atoms with van der Waals surface area (Å²) in [6.45, 7) is 6.93. The van der Waals surface area contributed by atoms with Crippen molar-refractivity contribution in [2.24, 2.45) is 0 Å². The molecule has 0 aliphatic carbocycles. The SMILES string of the molecule is CCCNC1CCN(Cc2ccc(Br)s2)C1. The average molecular weight is 303 g/mol. The summed E-state index contributed by atoms with van der Waals surface area (Å²) in [5.74, 6) is 0. The van der Waals surface area contributed by atoms with Gasteiger partial charge in [-0.25, -0.2) is 0 Å². The average Bonchev–Trinajstić information content (AvgIpc) is 2.86. The van der Waals surface area contributed by atoms with Gasteiger partial charge in [-0.15, -0.1) is 11.3 Å². The van der Waals surface area contributed by atoms with Crippen molar-refractivity contribution in [3.8, 4) is 0 Å². The van der Waals surface area contributed by atoms with Crippen LogP contribution < -0.4 is 5.32 Å². The first-order chi connectivity index (χ1) is 7.78. The molecule has 90 valence electrons. The van der Waals surface area contributed by atoms with Crippen molar-refractivity contribution in [2.45, 2.75) is 32.4 Å². The first kappa shape index (κ1) is 12.6. The highest BCUT2D eigenvalue weighted by atomic mass is 79.9. The summed E-state index contributed by atoms with van der Waals surface area (Å²) < 4.78 is 1.24. The zero-order chi connectivity index (χ0) is 11.4. The topological polar surface area (TPSA) is 15.3 Å². The van der Waals surface area contributed by atoms with Gasteiger partial charge >= 0.3 is 0 Å². The normalized spacial score (nSPS) is 21.8. The van der Waals surface area contributed by atoms with Crippen LogP contribution in [0.5, 0.6) is 0 Å². The third-order valence-corrected chi connectivity index (χ3v) is 4.57. The van der Waals surface area contributed by atoms with E-state index in [-0.39, 0.29) is 0 Å².